The van der Waals surface area contributed by atoms with Crippen molar-refractivity contribution in [3.63, 3.8) is 0 Å². The lowest BCUT2D eigenvalue weighted by atomic mass is 9.98. The summed E-state index contributed by atoms with van der Waals surface area (Å²) in [6, 6.07) is 21.6. The van der Waals surface area contributed by atoms with Gasteiger partial charge in [0.05, 0.1) is 5.56 Å². The molecule has 3 aromatic carbocycles. The average Bonchev–Trinajstić information content (AvgIpc) is 3.17. The Kier molecular flexibility index (Phi) is 5.45. The molecule has 4 rings (SSSR count). The highest BCUT2D eigenvalue weighted by molar-refractivity contribution is 6.30. The minimum absolute atomic E-state index is 0.205. The van der Waals surface area contributed by atoms with Crippen LogP contribution in [0.5, 0.6) is 0 Å². The van der Waals surface area contributed by atoms with E-state index < -0.39 is 0 Å². The quantitative estimate of drug-likeness (QED) is 0.444. The second kappa shape index (κ2) is 8.33. The molecule has 4 nitrogen and oxygen atoms in total. The smallest absolute Gasteiger partial charge is 0.252 e. The molecular formula is C24H19ClN2O2. The van der Waals surface area contributed by atoms with Crippen LogP contribution >= 0.6 is 11.6 Å². The number of amides is 1. The molecule has 4 aromatic rings. The highest BCUT2D eigenvalue weighted by Crippen LogP contribution is 2.19. The van der Waals surface area contributed by atoms with Gasteiger partial charge in [-0.25, -0.2) is 0 Å². The normalized spacial score (nSPS) is 10.8. The van der Waals surface area contributed by atoms with Gasteiger partial charge < -0.3 is 10.3 Å². The van der Waals surface area contributed by atoms with E-state index in [0.29, 0.717) is 34.7 Å². The number of halogens is 1. The van der Waals surface area contributed by atoms with Gasteiger partial charge in [-0.3, -0.25) is 9.59 Å². The van der Waals surface area contributed by atoms with E-state index in [-0.39, 0.29) is 11.7 Å². The molecule has 0 atom stereocenters. The number of H-pyrrole nitrogens is 1. The van der Waals surface area contributed by atoms with Crippen molar-refractivity contribution in [3.8, 4) is 0 Å². The van der Waals surface area contributed by atoms with E-state index in [1.807, 2.05) is 24.4 Å². The second-order valence-electron chi connectivity index (χ2n) is 6.75. The molecule has 1 aromatic heterocycles. The second-order valence-corrected chi connectivity index (χ2v) is 7.18. The maximum atomic E-state index is 12.9. The summed E-state index contributed by atoms with van der Waals surface area (Å²) < 4.78 is 0. The lowest BCUT2D eigenvalue weighted by Crippen LogP contribution is -2.27. The van der Waals surface area contributed by atoms with Gasteiger partial charge in [0.25, 0.3) is 5.91 Å². The number of ketones is 1. The highest BCUT2D eigenvalue weighted by Gasteiger charge is 2.18. The number of nitrogens with one attached hydrogen (secondary N) is 2. The van der Waals surface area contributed by atoms with E-state index >= 15 is 0 Å². The van der Waals surface area contributed by atoms with Crippen molar-refractivity contribution in [2.45, 2.75) is 6.42 Å². The average molecular weight is 403 g/mol. The molecule has 0 aliphatic rings. The Balaban J connectivity index is 1.47. The molecular weight excluding hydrogens is 384 g/mol. The summed E-state index contributed by atoms with van der Waals surface area (Å²) in [7, 11) is 0. The molecule has 0 saturated carbocycles. The number of hydrogen-bond donors (Lipinski definition) is 2. The van der Waals surface area contributed by atoms with Crippen LogP contribution in [0.4, 0.5) is 0 Å². The molecule has 0 aliphatic carbocycles. The molecule has 2 N–H and O–H groups in total. The standard InChI is InChI=1S/C24H19ClN2O2/c25-18-11-9-16(10-12-18)23(28)20-6-1-2-7-21(20)24(29)26-14-13-17-15-27-22-8-4-3-5-19(17)22/h1-12,15,27H,13-14H2,(H,26,29). The zero-order valence-electron chi connectivity index (χ0n) is 15.6. The Bertz CT molecular complexity index is 1180. The molecule has 0 bridgehead atoms. The van der Waals surface area contributed by atoms with Crippen LogP contribution in [0, 0.1) is 0 Å². The molecule has 29 heavy (non-hydrogen) atoms. The molecule has 0 fully saturated rings. The molecule has 0 radical (unpaired) electrons. The third-order valence-electron chi connectivity index (χ3n) is 4.88. The highest BCUT2D eigenvalue weighted by atomic mass is 35.5. The maximum Gasteiger partial charge on any atom is 0.252 e. The Morgan fingerprint density at radius 3 is 2.34 bits per heavy atom. The zero-order chi connectivity index (χ0) is 20.2. The summed E-state index contributed by atoms with van der Waals surface area (Å²) in [5.41, 5.74) is 3.46. The minimum Gasteiger partial charge on any atom is -0.361 e. The number of para-hydroxylation sites is 1. The Hall–Kier alpha value is -3.37. The van der Waals surface area contributed by atoms with Gasteiger partial charge in [0.2, 0.25) is 0 Å². The fourth-order valence-corrected chi connectivity index (χ4v) is 3.51. The Labute approximate surface area is 173 Å². The molecule has 0 spiro atoms. The number of aromatic amines is 1. The van der Waals surface area contributed by atoms with Crippen molar-refractivity contribution in [2.24, 2.45) is 0 Å². The van der Waals surface area contributed by atoms with Crippen LogP contribution in [0.3, 0.4) is 0 Å². The fourth-order valence-electron chi connectivity index (χ4n) is 3.38. The topological polar surface area (TPSA) is 62.0 Å². The SMILES string of the molecule is O=C(NCCc1c[nH]c2ccccc12)c1ccccc1C(=O)c1ccc(Cl)cc1. The molecule has 144 valence electrons. The minimum atomic E-state index is -0.261. The molecule has 0 aliphatic heterocycles. The van der Waals surface area contributed by atoms with E-state index in [4.69, 9.17) is 11.6 Å². The van der Waals surface area contributed by atoms with Crippen molar-refractivity contribution in [1.82, 2.24) is 10.3 Å². The summed E-state index contributed by atoms with van der Waals surface area (Å²) in [6.45, 7) is 0.476. The van der Waals surface area contributed by atoms with Gasteiger partial charge in [-0.15, -0.1) is 0 Å². The first-order chi connectivity index (χ1) is 14.1. The number of hydrogen-bond acceptors (Lipinski definition) is 2. The number of rotatable bonds is 6. The monoisotopic (exact) mass is 402 g/mol. The van der Waals surface area contributed by atoms with E-state index in [2.05, 4.69) is 16.4 Å². The Morgan fingerprint density at radius 1 is 0.862 bits per heavy atom. The summed E-state index contributed by atoms with van der Waals surface area (Å²) in [4.78, 5) is 28.9. The van der Waals surface area contributed by atoms with Crippen molar-refractivity contribution < 1.29 is 9.59 Å². The van der Waals surface area contributed by atoms with E-state index in [1.54, 1.807) is 48.5 Å². The van der Waals surface area contributed by atoms with Gasteiger partial charge in [-0.1, -0.05) is 48.0 Å². The molecule has 0 unspecified atom stereocenters. The van der Waals surface area contributed by atoms with E-state index in [0.717, 1.165) is 16.5 Å². The van der Waals surface area contributed by atoms with Crippen LogP contribution in [-0.4, -0.2) is 23.2 Å². The molecule has 5 heteroatoms. The third kappa shape index (κ3) is 4.08. The van der Waals surface area contributed by atoms with Crippen molar-refractivity contribution >= 4 is 34.2 Å². The van der Waals surface area contributed by atoms with Crippen molar-refractivity contribution in [3.05, 3.63) is 106 Å². The summed E-state index contributed by atoms with van der Waals surface area (Å²) in [6.07, 6.45) is 2.66. The van der Waals surface area contributed by atoms with Gasteiger partial charge in [0.1, 0.15) is 0 Å². The Morgan fingerprint density at radius 2 is 1.55 bits per heavy atom. The zero-order valence-corrected chi connectivity index (χ0v) is 16.4. The number of benzene rings is 3. The molecule has 0 saturated heterocycles. The van der Waals surface area contributed by atoms with Gasteiger partial charge in [0, 0.05) is 39.8 Å². The molecule has 1 amide bonds. The fraction of sp³-hybridized carbons (Fsp3) is 0.0833. The van der Waals surface area contributed by atoms with Crippen LogP contribution in [0.15, 0.2) is 79.0 Å². The third-order valence-corrected chi connectivity index (χ3v) is 5.13. The van der Waals surface area contributed by atoms with E-state index in [1.165, 1.54) is 0 Å². The molecule has 1 heterocycles. The summed E-state index contributed by atoms with van der Waals surface area (Å²) in [5.74, 6) is -0.466. The van der Waals surface area contributed by atoms with Crippen LogP contribution in [-0.2, 0) is 6.42 Å². The number of carbonyl (C=O) groups excluding carboxylic acids is 2. The van der Waals surface area contributed by atoms with Crippen LogP contribution < -0.4 is 5.32 Å². The maximum absolute atomic E-state index is 12.9. The van der Waals surface area contributed by atoms with Gasteiger partial charge >= 0.3 is 0 Å². The van der Waals surface area contributed by atoms with Crippen molar-refractivity contribution in [1.29, 1.82) is 0 Å². The first-order valence-corrected chi connectivity index (χ1v) is 9.74. The number of aromatic nitrogens is 1. The van der Waals surface area contributed by atoms with E-state index in [9.17, 15) is 9.59 Å². The van der Waals surface area contributed by atoms with Crippen LogP contribution in [0.25, 0.3) is 10.9 Å². The number of carbonyl (C=O) groups is 2. The largest absolute Gasteiger partial charge is 0.361 e. The predicted molar refractivity (Wildman–Crippen MR) is 116 cm³/mol. The lowest BCUT2D eigenvalue weighted by molar-refractivity contribution is 0.0942. The number of fused-ring (bicyclic) bond motifs is 1. The summed E-state index contributed by atoms with van der Waals surface area (Å²) in [5, 5.41) is 4.64. The van der Waals surface area contributed by atoms with Gasteiger partial charge in [-0.05, 0) is 48.4 Å². The predicted octanol–water partition coefficient (Wildman–Crippen LogP) is 5.02. The summed E-state index contributed by atoms with van der Waals surface area (Å²) >= 11 is 5.90. The first-order valence-electron chi connectivity index (χ1n) is 9.36. The van der Waals surface area contributed by atoms with Gasteiger partial charge in [0.15, 0.2) is 5.78 Å². The van der Waals surface area contributed by atoms with Crippen LogP contribution in [0.2, 0.25) is 5.02 Å². The van der Waals surface area contributed by atoms with Crippen molar-refractivity contribution in [2.75, 3.05) is 6.54 Å². The van der Waals surface area contributed by atoms with Crippen LogP contribution in [0.1, 0.15) is 31.8 Å². The first kappa shape index (κ1) is 19.0. The van der Waals surface area contributed by atoms with Gasteiger partial charge in [-0.2, -0.15) is 0 Å². The lowest BCUT2D eigenvalue weighted by Gasteiger charge is -2.10.